The van der Waals surface area contributed by atoms with Crippen LogP contribution in [-0.2, 0) is 11.2 Å². The molecular weight excluding hydrogens is 440 g/mol. The summed E-state index contributed by atoms with van der Waals surface area (Å²) in [5.41, 5.74) is 3.60. The Morgan fingerprint density at radius 3 is 2.57 bits per heavy atom. The van der Waals surface area contributed by atoms with E-state index < -0.39 is 6.04 Å². The lowest BCUT2D eigenvalue weighted by molar-refractivity contribution is -0.125. The summed E-state index contributed by atoms with van der Waals surface area (Å²) >= 11 is 0. The van der Waals surface area contributed by atoms with Gasteiger partial charge < -0.3 is 19.4 Å². The largest absolute Gasteiger partial charge is 0.454 e. The highest BCUT2D eigenvalue weighted by Gasteiger charge is 2.26. The fraction of sp³-hybridized carbons (Fsp3) is 0.379. The smallest absolute Gasteiger partial charge is 0.254 e. The summed E-state index contributed by atoms with van der Waals surface area (Å²) in [6, 6.07) is 16.9. The summed E-state index contributed by atoms with van der Waals surface area (Å²) in [4.78, 5) is 27.2. The number of nitrogens with zero attached hydrogens (tertiary/aromatic N) is 1. The first-order valence-corrected chi connectivity index (χ1v) is 12.5. The molecule has 2 aromatic carbocycles. The Hall–Kier alpha value is -3.54. The second-order valence-corrected chi connectivity index (χ2v) is 9.16. The third kappa shape index (κ3) is 5.76. The topological polar surface area (TPSA) is 69.6 Å². The van der Waals surface area contributed by atoms with Crippen LogP contribution in [0.2, 0.25) is 0 Å². The zero-order valence-electron chi connectivity index (χ0n) is 20.8. The fourth-order valence-electron chi connectivity index (χ4n) is 4.60. The number of benzene rings is 2. The van der Waals surface area contributed by atoms with Crippen molar-refractivity contribution in [1.29, 1.82) is 0 Å². The molecule has 1 aliphatic rings. The van der Waals surface area contributed by atoms with Gasteiger partial charge in [-0.15, -0.1) is 0 Å². The first-order chi connectivity index (χ1) is 17.0. The number of unbranched alkanes of at least 4 members (excludes halogenated alkanes) is 1. The molecule has 1 amide bonds. The maximum atomic E-state index is 13.6. The lowest BCUT2D eigenvalue weighted by atomic mass is 10.0. The molecule has 6 nitrogen and oxygen atoms in total. The van der Waals surface area contributed by atoms with Gasteiger partial charge in [-0.1, -0.05) is 63.1 Å². The number of aryl methyl sites for hydroxylation is 1. The van der Waals surface area contributed by atoms with Crippen LogP contribution in [0.3, 0.4) is 0 Å². The van der Waals surface area contributed by atoms with E-state index in [1.54, 1.807) is 4.57 Å². The molecule has 0 saturated heterocycles. The van der Waals surface area contributed by atoms with Crippen LogP contribution in [0, 0.1) is 6.92 Å². The van der Waals surface area contributed by atoms with Crippen molar-refractivity contribution >= 4 is 5.91 Å². The normalized spacial score (nSPS) is 13.9. The Kier molecular flexibility index (Phi) is 7.91. The molecule has 0 aliphatic carbocycles. The maximum absolute atomic E-state index is 13.6. The molecule has 6 heteroatoms. The molecule has 1 N–H and O–H groups in total. The standard InChI is InChI=1S/C29H34N2O4/c1-4-6-12-25(28(32)30-24(5-2)22-13-14-26-27(17-22)35-19-34-26)31-18-20(3)15-23(29(31)33)16-21-10-8-7-9-11-21/h7-11,13-15,17-18,24-25H,4-6,12,16,19H2,1-3H3,(H,30,32). The van der Waals surface area contributed by atoms with Gasteiger partial charge in [0, 0.05) is 18.2 Å². The molecule has 3 aromatic rings. The monoisotopic (exact) mass is 474 g/mol. The molecule has 0 bridgehead atoms. The Balaban J connectivity index is 1.62. The SMILES string of the molecule is CCCCC(C(=O)NC(CC)c1ccc2c(c1)OCO2)n1cc(C)cc(Cc2ccccc2)c1=O. The molecule has 2 atom stereocenters. The number of ether oxygens (including phenoxy) is 2. The number of nitrogens with one attached hydrogen (secondary N) is 1. The lowest BCUT2D eigenvalue weighted by Gasteiger charge is -2.25. The third-order valence-corrected chi connectivity index (χ3v) is 6.48. The van der Waals surface area contributed by atoms with Gasteiger partial charge in [-0.25, -0.2) is 0 Å². The molecule has 0 saturated carbocycles. The first-order valence-electron chi connectivity index (χ1n) is 12.5. The van der Waals surface area contributed by atoms with E-state index in [0.29, 0.717) is 36.3 Å². The third-order valence-electron chi connectivity index (χ3n) is 6.48. The van der Waals surface area contributed by atoms with E-state index in [4.69, 9.17) is 9.47 Å². The average Bonchev–Trinajstić information content (AvgIpc) is 3.34. The Labute approximate surface area is 206 Å². The molecule has 1 aliphatic heterocycles. The zero-order chi connectivity index (χ0) is 24.8. The Morgan fingerprint density at radius 2 is 1.83 bits per heavy atom. The van der Waals surface area contributed by atoms with Gasteiger partial charge in [0.25, 0.3) is 5.56 Å². The Morgan fingerprint density at radius 1 is 1.06 bits per heavy atom. The van der Waals surface area contributed by atoms with Crippen LogP contribution in [0.1, 0.15) is 73.9 Å². The second-order valence-electron chi connectivity index (χ2n) is 9.16. The van der Waals surface area contributed by atoms with E-state index in [0.717, 1.165) is 29.5 Å². The van der Waals surface area contributed by atoms with Crippen molar-refractivity contribution in [3.63, 3.8) is 0 Å². The quantitative estimate of drug-likeness (QED) is 0.423. The van der Waals surface area contributed by atoms with Gasteiger partial charge in [0.2, 0.25) is 12.7 Å². The summed E-state index contributed by atoms with van der Waals surface area (Å²) < 4.78 is 12.6. The van der Waals surface area contributed by atoms with Crippen LogP contribution in [0.15, 0.2) is 65.6 Å². The van der Waals surface area contributed by atoms with Crippen LogP contribution in [0.4, 0.5) is 0 Å². The highest BCUT2D eigenvalue weighted by atomic mass is 16.7. The minimum atomic E-state index is -0.570. The predicted octanol–water partition coefficient (Wildman–Crippen LogP) is 5.48. The van der Waals surface area contributed by atoms with Crippen LogP contribution >= 0.6 is 0 Å². The van der Waals surface area contributed by atoms with Crippen LogP contribution in [0.5, 0.6) is 11.5 Å². The number of carbonyl (C=O) groups is 1. The van der Waals surface area contributed by atoms with E-state index in [-0.39, 0.29) is 24.3 Å². The minimum Gasteiger partial charge on any atom is -0.454 e. The van der Waals surface area contributed by atoms with Crippen molar-refractivity contribution in [2.24, 2.45) is 0 Å². The molecule has 0 fully saturated rings. The van der Waals surface area contributed by atoms with Crippen LogP contribution in [0.25, 0.3) is 0 Å². The average molecular weight is 475 g/mol. The van der Waals surface area contributed by atoms with Crippen molar-refractivity contribution < 1.29 is 14.3 Å². The summed E-state index contributed by atoms with van der Waals surface area (Å²) in [6.45, 7) is 6.31. The van der Waals surface area contributed by atoms with E-state index in [9.17, 15) is 9.59 Å². The number of hydrogen-bond acceptors (Lipinski definition) is 4. The number of fused-ring (bicyclic) bond motifs is 1. The van der Waals surface area contributed by atoms with Gasteiger partial charge in [0.1, 0.15) is 6.04 Å². The number of carbonyl (C=O) groups excluding carboxylic acids is 1. The molecule has 2 heterocycles. The molecule has 0 radical (unpaired) electrons. The van der Waals surface area contributed by atoms with Crippen molar-refractivity contribution in [3.8, 4) is 11.5 Å². The van der Waals surface area contributed by atoms with Crippen molar-refractivity contribution in [2.75, 3.05) is 6.79 Å². The van der Waals surface area contributed by atoms with Crippen molar-refractivity contribution in [3.05, 3.63) is 93.4 Å². The second kappa shape index (κ2) is 11.3. The van der Waals surface area contributed by atoms with E-state index in [1.165, 1.54) is 0 Å². The van der Waals surface area contributed by atoms with Crippen molar-refractivity contribution in [2.45, 2.75) is 65.0 Å². The molecule has 1 aromatic heterocycles. The number of pyridine rings is 1. The number of hydrogen-bond donors (Lipinski definition) is 1. The molecule has 4 rings (SSSR count). The minimum absolute atomic E-state index is 0.105. The maximum Gasteiger partial charge on any atom is 0.254 e. The van der Waals surface area contributed by atoms with E-state index in [1.807, 2.05) is 74.6 Å². The number of aromatic nitrogens is 1. The predicted molar refractivity (Wildman–Crippen MR) is 137 cm³/mol. The summed E-state index contributed by atoms with van der Waals surface area (Å²) in [5.74, 6) is 1.27. The van der Waals surface area contributed by atoms with Gasteiger partial charge in [-0.05, 0) is 54.7 Å². The Bertz CT molecular complexity index is 1220. The summed E-state index contributed by atoms with van der Waals surface area (Å²) in [7, 11) is 0. The number of amides is 1. The first kappa shape index (κ1) is 24.6. The molecule has 2 unspecified atom stereocenters. The zero-order valence-corrected chi connectivity index (χ0v) is 20.8. The van der Waals surface area contributed by atoms with Gasteiger partial charge >= 0.3 is 0 Å². The van der Waals surface area contributed by atoms with Gasteiger partial charge in [-0.2, -0.15) is 0 Å². The molecular formula is C29H34N2O4. The molecule has 0 spiro atoms. The molecule has 35 heavy (non-hydrogen) atoms. The fourth-order valence-corrected chi connectivity index (χ4v) is 4.60. The summed E-state index contributed by atoms with van der Waals surface area (Å²) in [5, 5.41) is 3.20. The van der Waals surface area contributed by atoms with Crippen LogP contribution < -0.4 is 20.3 Å². The van der Waals surface area contributed by atoms with Crippen LogP contribution in [-0.4, -0.2) is 17.3 Å². The van der Waals surface area contributed by atoms with Gasteiger partial charge in [0.15, 0.2) is 11.5 Å². The van der Waals surface area contributed by atoms with Crippen molar-refractivity contribution in [1.82, 2.24) is 9.88 Å². The van der Waals surface area contributed by atoms with Gasteiger partial charge in [0.05, 0.1) is 6.04 Å². The summed E-state index contributed by atoms with van der Waals surface area (Å²) in [6.07, 6.45) is 5.48. The van der Waals surface area contributed by atoms with E-state index >= 15 is 0 Å². The van der Waals surface area contributed by atoms with Gasteiger partial charge in [-0.3, -0.25) is 9.59 Å². The number of rotatable bonds is 10. The highest BCUT2D eigenvalue weighted by Crippen LogP contribution is 2.35. The lowest BCUT2D eigenvalue weighted by Crippen LogP contribution is -2.39. The molecule has 184 valence electrons. The van der Waals surface area contributed by atoms with E-state index in [2.05, 4.69) is 12.2 Å². The highest BCUT2D eigenvalue weighted by molar-refractivity contribution is 5.80.